The van der Waals surface area contributed by atoms with Crippen LogP contribution in [0.2, 0.25) is 0 Å². The van der Waals surface area contributed by atoms with Gasteiger partial charge in [0.05, 0.1) is 13.2 Å². The summed E-state index contributed by atoms with van der Waals surface area (Å²) < 4.78 is 5.50. The second-order valence-corrected chi connectivity index (χ2v) is 5.05. The van der Waals surface area contributed by atoms with Gasteiger partial charge in [0.15, 0.2) is 5.96 Å². The molecule has 4 nitrogen and oxygen atoms in total. The fourth-order valence-electron chi connectivity index (χ4n) is 1.71. The van der Waals surface area contributed by atoms with Crippen LogP contribution >= 0.6 is 24.0 Å². The number of rotatable bonds is 7. The minimum absolute atomic E-state index is 0. The Labute approximate surface area is 145 Å². The Kier molecular flexibility index (Phi) is 11.1. The van der Waals surface area contributed by atoms with Gasteiger partial charge in [0.25, 0.3) is 0 Å². The Bertz CT molecular complexity index is 422. The van der Waals surface area contributed by atoms with Gasteiger partial charge in [0.2, 0.25) is 0 Å². The Morgan fingerprint density at radius 2 is 2.00 bits per heavy atom. The lowest BCUT2D eigenvalue weighted by molar-refractivity contribution is 0.340. The number of hydrogen-bond donors (Lipinski definition) is 2. The fourth-order valence-corrected chi connectivity index (χ4v) is 1.71. The molecule has 1 aromatic carbocycles. The van der Waals surface area contributed by atoms with E-state index in [0.29, 0.717) is 19.1 Å². The van der Waals surface area contributed by atoms with Crippen LogP contribution in [0.15, 0.2) is 29.3 Å². The van der Waals surface area contributed by atoms with Crippen molar-refractivity contribution in [3.05, 3.63) is 29.8 Å². The smallest absolute Gasteiger partial charge is 0.191 e. The molecule has 0 aliphatic heterocycles. The Morgan fingerprint density at radius 1 is 1.24 bits per heavy atom. The lowest BCUT2D eigenvalue weighted by atomic mass is 10.2. The van der Waals surface area contributed by atoms with E-state index in [9.17, 15) is 0 Å². The summed E-state index contributed by atoms with van der Waals surface area (Å²) in [5.41, 5.74) is 1.15. The van der Waals surface area contributed by atoms with Crippen LogP contribution in [0.4, 0.5) is 0 Å². The molecular formula is C16H28IN3O. The van der Waals surface area contributed by atoms with E-state index in [0.717, 1.165) is 30.4 Å². The molecular weight excluding hydrogens is 377 g/mol. The first-order chi connectivity index (χ1) is 9.65. The van der Waals surface area contributed by atoms with Gasteiger partial charge in [-0.2, -0.15) is 0 Å². The Balaban J connectivity index is 0.00000400. The largest absolute Gasteiger partial charge is 0.494 e. The first-order valence-corrected chi connectivity index (χ1v) is 7.39. The van der Waals surface area contributed by atoms with Crippen molar-refractivity contribution in [3.63, 3.8) is 0 Å². The maximum absolute atomic E-state index is 5.50. The Hall–Kier alpha value is -0.980. The van der Waals surface area contributed by atoms with Gasteiger partial charge in [-0.3, -0.25) is 0 Å². The molecule has 0 bridgehead atoms. The van der Waals surface area contributed by atoms with Gasteiger partial charge in [-0.25, -0.2) is 4.99 Å². The van der Waals surface area contributed by atoms with E-state index in [4.69, 9.17) is 4.74 Å². The van der Waals surface area contributed by atoms with Crippen molar-refractivity contribution in [1.29, 1.82) is 0 Å². The molecule has 5 heteroatoms. The zero-order chi connectivity index (χ0) is 14.8. The first kappa shape index (κ1) is 20.0. The number of guanidine groups is 1. The number of ether oxygens (including phenoxy) is 1. The molecule has 0 saturated heterocycles. The number of aliphatic imine (C=N–C) groups is 1. The van der Waals surface area contributed by atoms with Gasteiger partial charge in [0, 0.05) is 13.1 Å². The molecule has 0 spiro atoms. The molecule has 0 atom stereocenters. The lowest BCUT2D eigenvalue weighted by Crippen LogP contribution is -2.39. The van der Waals surface area contributed by atoms with Crippen LogP contribution in [0.25, 0.3) is 0 Å². The van der Waals surface area contributed by atoms with Crippen LogP contribution in [-0.4, -0.2) is 25.7 Å². The zero-order valence-corrected chi connectivity index (χ0v) is 15.8. The van der Waals surface area contributed by atoms with Crippen molar-refractivity contribution in [2.75, 3.05) is 19.7 Å². The quantitative estimate of drug-likeness (QED) is 0.415. The summed E-state index contributed by atoms with van der Waals surface area (Å²) >= 11 is 0. The highest BCUT2D eigenvalue weighted by Gasteiger charge is 2.00. The van der Waals surface area contributed by atoms with Crippen LogP contribution in [0.3, 0.4) is 0 Å². The summed E-state index contributed by atoms with van der Waals surface area (Å²) in [7, 11) is 0. The number of hydrogen-bond acceptors (Lipinski definition) is 2. The van der Waals surface area contributed by atoms with Crippen LogP contribution in [0.1, 0.15) is 33.3 Å². The van der Waals surface area contributed by atoms with E-state index in [1.54, 1.807) is 0 Å². The molecule has 0 aliphatic carbocycles. The molecule has 1 rings (SSSR count). The third-order valence-corrected chi connectivity index (χ3v) is 2.65. The van der Waals surface area contributed by atoms with Gasteiger partial charge in [-0.05, 0) is 37.5 Å². The maximum Gasteiger partial charge on any atom is 0.191 e. The lowest BCUT2D eigenvalue weighted by Gasteiger charge is -2.13. The van der Waals surface area contributed by atoms with Gasteiger partial charge in [-0.15, -0.1) is 24.0 Å². The number of nitrogens with zero attached hydrogens (tertiary/aromatic N) is 1. The second-order valence-electron chi connectivity index (χ2n) is 5.05. The van der Waals surface area contributed by atoms with Gasteiger partial charge in [0.1, 0.15) is 5.75 Å². The SMILES string of the molecule is CCNC(=NCc1cccc(OCC)c1)NCC(C)C.I. The average Bonchev–Trinajstić information content (AvgIpc) is 2.42. The predicted molar refractivity (Wildman–Crippen MR) is 101 cm³/mol. The highest BCUT2D eigenvalue weighted by atomic mass is 127. The van der Waals surface area contributed by atoms with E-state index >= 15 is 0 Å². The monoisotopic (exact) mass is 405 g/mol. The molecule has 0 radical (unpaired) electrons. The molecule has 0 fully saturated rings. The topological polar surface area (TPSA) is 45.7 Å². The minimum atomic E-state index is 0. The molecule has 0 heterocycles. The number of nitrogens with one attached hydrogen (secondary N) is 2. The molecule has 2 N–H and O–H groups in total. The van der Waals surface area contributed by atoms with Crippen molar-refractivity contribution in [3.8, 4) is 5.75 Å². The summed E-state index contributed by atoms with van der Waals surface area (Å²) in [5.74, 6) is 2.36. The van der Waals surface area contributed by atoms with Gasteiger partial charge in [-0.1, -0.05) is 26.0 Å². The Morgan fingerprint density at radius 3 is 2.62 bits per heavy atom. The molecule has 1 aromatic rings. The predicted octanol–water partition coefficient (Wildman–Crippen LogP) is 3.41. The third kappa shape index (κ3) is 8.80. The van der Waals surface area contributed by atoms with Crippen molar-refractivity contribution < 1.29 is 4.74 Å². The zero-order valence-electron chi connectivity index (χ0n) is 13.5. The van der Waals surface area contributed by atoms with E-state index in [1.165, 1.54) is 0 Å². The van der Waals surface area contributed by atoms with Gasteiger partial charge < -0.3 is 15.4 Å². The summed E-state index contributed by atoms with van der Waals surface area (Å²) in [6.07, 6.45) is 0. The summed E-state index contributed by atoms with van der Waals surface area (Å²) in [5, 5.41) is 6.59. The van der Waals surface area contributed by atoms with E-state index in [2.05, 4.69) is 42.5 Å². The number of benzene rings is 1. The number of halogens is 1. The normalized spacial score (nSPS) is 11.0. The van der Waals surface area contributed by atoms with Crippen molar-refractivity contribution in [2.45, 2.75) is 34.2 Å². The van der Waals surface area contributed by atoms with E-state index < -0.39 is 0 Å². The van der Waals surface area contributed by atoms with E-state index in [1.807, 2.05) is 25.1 Å². The summed E-state index contributed by atoms with van der Waals surface area (Å²) in [4.78, 5) is 4.60. The fraction of sp³-hybridized carbons (Fsp3) is 0.562. The average molecular weight is 405 g/mol. The maximum atomic E-state index is 5.50. The van der Waals surface area contributed by atoms with Gasteiger partial charge >= 0.3 is 0 Å². The minimum Gasteiger partial charge on any atom is -0.494 e. The van der Waals surface area contributed by atoms with Crippen LogP contribution in [0.5, 0.6) is 5.75 Å². The summed E-state index contributed by atoms with van der Waals surface area (Å²) in [6.45, 7) is 11.5. The van der Waals surface area contributed by atoms with Crippen molar-refractivity contribution in [2.24, 2.45) is 10.9 Å². The molecule has 0 aliphatic rings. The second kappa shape index (κ2) is 11.7. The molecule has 0 amide bonds. The van der Waals surface area contributed by atoms with Crippen molar-refractivity contribution in [1.82, 2.24) is 10.6 Å². The standard InChI is InChI=1S/C16H27N3O.HI/c1-5-17-16(18-11-13(3)4)19-12-14-8-7-9-15(10-14)20-6-2;/h7-10,13H,5-6,11-12H2,1-4H3,(H2,17,18,19);1H. The molecule has 21 heavy (non-hydrogen) atoms. The highest BCUT2D eigenvalue weighted by molar-refractivity contribution is 14.0. The van der Waals surface area contributed by atoms with Crippen LogP contribution in [-0.2, 0) is 6.54 Å². The third-order valence-electron chi connectivity index (χ3n) is 2.65. The summed E-state index contributed by atoms with van der Waals surface area (Å²) in [6, 6.07) is 8.08. The molecule has 0 aromatic heterocycles. The first-order valence-electron chi connectivity index (χ1n) is 7.39. The van der Waals surface area contributed by atoms with Crippen molar-refractivity contribution >= 4 is 29.9 Å². The highest BCUT2D eigenvalue weighted by Crippen LogP contribution is 2.13. The van der Waals surface area contributed by atoms with Crippen LogP contribution in [0, 0.1) is 5.92 Å². The van der Waals surface area contributed by atoms with E-state index in [-0.39, 0.29) is 24.0 Å². The van der Waals surface area contributed by atoms with Crippen LogP contribution < -0.4 is 15.4 Å². The molecule has 0 unspecified atom stereocenters. The molecule has 120 valence electrons. The molecule has 0 saturated carbocycles.